The van der Waals surface area contributed by atoms with Crippen molar-refractivity contribution in [3.63, 3.8) is 0 Å². The lowest BCUT2D eigenvalue weighted by atomic mass is 10.2. The highest BCUT2D eigenvalue weighted by atomic mass is 16.5. The molecule has 1 amide bonds. The molecule has 2 rings (SSSR count). The number of methoxy groups -OCH3 is 1. The Hall–Kier alpha value is -3.59. The summed E-state index contributed by atoms with van der Waals surface area (Å²) < 4.78 is 4.62. The van der Waals surface area contributed by atoms with Crippen LogP contribution in [0.15, 0.2) is 60.3 Å². The van der Waals surface area contributed by atoms with Crippen molar-refractivity contribution in [2.75, 3.05) is 17.7 Å². The average Bonchev–Trinajstić information content (AvgIpc) is 2.64. The van der Waals surface area contributed by atoms with Crippen LogP contribution in [0.5, 0.6) is 0 Å². The number of hydrogen-bond donors (Lipinski definition) is 2. The average molecular weight is 335 g/mol. The summed E-state index contributed by atoms with van der Waals surface area (Å²) in [7, 11) is 1.31. The van der Waals surface area contributed by atoms with Crippen LogP contribution in [0.2, 0.25) is 0 Å². The number of hydrogen-bond acceptors (Lipinski definition) is 5. The molecule has 0 aliphatic heterocycles. The van der Waals surface area contributed by atoms with Crippen LogP contribution in [0.1, 0.15) is 15.9 Å². The van der Waals surface area contributed by atoms with E-state index >= 15 is 0 Å². The van der Waals surface area contributed by atoms with Crippen molar-refractivity contribution in [1.82, 2.24) is 0 Å². The van der Waals surface area contributed by atoms with Crippen molar-refractivity contribution >= 4 is 23.3 Å². The Labute approximate surface area is 145 Å². The van der Waals surface area contributed by atoms with Gasteiger partial charge in [0.15, 0.2) is 0 Å². The number of nitrogens with zero attached hydrogens (tertiary/aromatic N) is 1. The van der Waals surface area contributed by atoms with Crippen LogP contribution in [0.3, 0.4) is 0 Å². The number of esters is 1. The molecule has 2 aromatic carbocycles. The first kappa shape index (κ1) is 17.8. The van der Waals surface area contributed by atoms with Gasteiger partial charge >= 0.3 is 5.97 Å². The minimum absolute atomic E-state index is 0.0716. The van der Waals surface area contributed by atoms with Gasteiger partial charge in [0.25, 0.3) is 5.91 Å². The highest BCUT2D eigenvalue weighted by molar-refractivity contribution is 6.06. The van der Waals surface area contributed by atoms with Gasteiger partial charge in [-0.15, -0.1) is 0 Å². The molecule has 0 saturated carbocycles. The molecule has 6 nitrogen and oxygen atoms in total. The number of aryl methyl sites for hydroxylation is 1. The van der Waals surface area contributed by atoms with Gasteiger partial charge in [-0.1, -0.05) is 17.7 Å². The fourth-order valence-corrected chi connectivity index (χ4v) is 1.96. The third kappa shape index (κ3) is 4.94. The second-order valence-corrected chi connectivity index (χ2v) is 5.20. The van der Waals surface area contributed by atoms with E-state index in [0.717, 1.165) is 5.56 Å². The quantitative estimate of drug-likeness (QED) is 0.497. The summed E-state index contributed by atoms with van der Waals surface area (Å²) >= 11 is 0. The van der Waals surface area contributed by atoms with Gasteiger partial charge in [-0.3, -0.25) is 4.79 Å². The third-order valence-corrected chi connectivity index (χ3v) is 3.36. The number of amides is 1. The zero-order chi connectivity index (χ0) is 18.2. The summed E-state index contributed by atoms with van der Waals surface area (Å²) in [6.45, 7) is 1.95. The third-order valence-electron chi connectivity index (χ3n) is 3.36. The number of rotatable bonds is 5. The first-order valence-electron chi connectivity index (χ1n) is 7.46. The van der Waals surface area contributed by atoms with Gasteiger partial charge in [-0.05, 0) is 43.3 Å². The maximum Gasteiger partial charge on any atom is 0.337 e. The Morgan fingerprint density at radius 3 is 2.20 bits per heavy atom. The minimum Gasteiger partial charge on any atom is -0.465 e. The molecule has 2 N–H and O–H groups in total. The van der Waals surface area contributed by atoms with E-state index in [2.05, 4.69) is 15.4 Å². The molecule has 0 aromatic heterocycles. The van der Waals surface area contributed by atoms with E-state index in [0.29, 0.717) is 16.9 Å². The zero-order valence-electron chi connectivity index (χ0n) is 13.9. The molecule has 2 aromatic rings. The highest BCUT2D eigenvalue weighted by Crippen LogP contribution is 2.12. The molecule has 0 unspecified atom stereocenters. The monoisotopic (exact) mass is 335 g/mol. The molecule has 0 saturated heterocycles. The Kier molecular flexibility index (Phi) is 5.91. The number of carbonyl (C=O) groups is 2. The lowest BCUT2D eigenvalue weighted by molar-refractivity contribution is -0.112. The first-order chi connectivity index (χ1) is 12.0. The van der Waals surface area contributed by atoms with Crippen LogP contribution < -0.4 is 10.6 Å². The van der Waals surface area contributed by atoms with Crippen LogP contribution >= 0.6 is 0 Å². The molecular formula is C19H17N3O3. The summed E-state index contributed by atoms with van der Waals surface area (Å²) in [6, 6.07) is 15.6. The Bertz CT molecular complexity index is 832. The van der Waals surface area contributed by atoms with Crippen molar-refractivity contribution in [2.24, 2.45) is 0 Å². The van der Waals surface area contributed by atoms with Crippen LogP contribution in [0.4, 0.5) is 11.4 Å². The number of carbonyl (C=O) groups excluding carboxylic acids is 2. The predicted molar refractivity (Wildman–Crippen MR) is 94.9 cm³/mol. The normalized spacial score (nSPS) is 10.5. The van der Waals surface area contributed by atoms with Gasteiger partial charge in [-0.2, -0.15) is 5.26 Å². The van der Waals surface area contributed by atoms with Gasteiger partial charge in [-0.25, -0.2) is 4.79 Å². The van der Waals surface area contributed by atoms with Gasteiger partial charge in [0.05, 0.1) is 12.7 Å². The molecule has 0 bridgehead atoms. The molecule has 6 heteroatoms. The lowest BCUT2D eigenvalue weighted by Gasteiger charge is -2.06. The van der Waals surface area contributed by atoms with E-state index in [1.807, 2.05) is 25.1 Å². The van der Waals surface area contributed by atoms with E-state index in [-0.39, 0.29) is 5.57 Å². The topological polar surface area (TPSA) is 91.2 Å². The van der Waals surface area contributed by atoms with Gasteiger partial charge in [0.1, 0.15) is 11.6 Å². The maximum absolute atomic E-state index is 12.1. The van der Waals surface area contributed by atoms with Crippen LogP contribution in [0, 0.1) is 18.3 Å². The molecule has 0 radical (unpaired) electrons. The van der Waals surface area contributed by atoms with E-state index in [4.69, 9.17) is 5.26 Å². The van der Waals surface area contributed by atoms with E-state index < -0.39 is 11.9 Å². The smallest absolute Gasteiger partial charge is 0.337 e. The summed E-state index contributed by atoms with van der Waals surface area (Å²) in [4.78, 5) is 23.5. The Morgan fingerprint density at radius 1 is 1.04 bits per heavy atom. The molecule has 25 heavy (non-hydrogen) atoms. The largest absolute Gasteiger partial charge is 0.465 e. The van der Waals surface area contributed by atoms with Gasteiger partial charge in [0, 0.05) is 17.6 Å². The number of ether oxygens (including phenoxy) is 1. The summed E-state index contributed by atoms with van der Waals surface area (Å²) in [5.74, 6) is -0.942. The predicted octanol–water partition coefficient (Wildman–Crippen LogP) is 3.24. The van der Waals surface area contributed by atoms with Crippen LogP contribution in [-0.4, -0.2) is 19.0 Å². The van der Waals surface area contributed by atoms with E-state index in [1.54, 1.807) is 36.4 Å². The highest BCUT2D eigenvalue weighted by Gasteiger charge is 2.09. The zero-order valence-corrected chi connectivity index (χ0v) is 13.9. The molecule has 0 fully saturated rings. The number of nitriles is 1. The lowest BCUT2D eigenvalue weighted by Crippen LogP contribution is -2.14. The summed E-state index contributed by atoms with van der Waals surface area (Å²) in [5, 5.41) is 14.7. The fourth-order valence-electron chi connectivity index (χ4n) is 1.96. The van der Waals surface area contributed by atoms with Gasteiger partial charge in [0.2, 0.25) is 0 Å². The van der Waals surface area contributed by atoms with Crippen molar-refractivity contribution in [1.29, 1.82) is 5.26 Å². The van der Waals surface area contributed by atoms with Crippen molar-refractivity contribution in [2.45, 2.75) is 6.92 Å². The van der Waals surface area contributed by atoms with E-state index in [1.165, 1.54) is 13.3 Å². The van der Waals surface area contributed by atoms with Crippen molar-refractivity contribution in [3.05, 3.63) is 71.4 Å². The van der Waals surface area contributed by atoms with Crippen molar-refractivity contribution in [3.8, 4) is 6.07 Å². The van der Waals surface area contributed by atoms with Crippen LogP contribution in [0.25, 0.3) is 0 Å². The van der Waals surface area contributed by atoms with Crippen LogP contribution in [-0.2, 0) is 9.53 Å². The number of benzene rings is 2. The maximum atomic E-state index is 12.1. The SMILES string of the molecule is COC(=O)c1ccc(N/C=C(/C#N)C(=O)Nc2ccc(C)cc2)cc1. The molecular weight excluding hydrogens is 318 g/mol. The molecule has 0 aliphatic carbocycles. The number of nitrogens with one attached hydrogen (secondary N) is 2. The fraction of sp³-hybridized carbons (Fsp3) is 0.105. The van der Waals surface area contributed by atoms with Crippen molar-refractivity contribution < 1.29 is 14.3 Å². The standard InChI is InChI=1S/C19H17N3O3/c1-13-3-7-17(8-4-13)22-18(23)15(11-20)12-21-16-9-5-14(6-10-16)19(24)25-2/h3-10,12,21H,1-2H3,(H,22,23)/b15-12-. The molecule has 0 heterocycles. The second-order valence-electron chi connectivity index (χ2n) is 5.20. The second kappa shape index (κ2) is 8.31. The Morgan fingerprint density at radius 2 is 1.64 bits per heavy atom. The van der Waals surface area contributed by atoms with Gasteiger partial charge < -0.3 is 15.4 Å². The first-order valence-corrected chi connectivity index (χ1v) is 7.46. The van der Waals surface area contributed by atoms with E-state index in [9.17, 15) is 9.59 Å². The Balaban J connectivity index is 2.04. The minimum atomic E-state index is -0.509. The number of anilines is 2. The summed E-state index contributed by atoms with van der Waals surface area (Å²) in [5.41, 5.74) is 2.65. The molecule has 126 valence electrons. The molecule has 0 atom stereocenters. The molecule has 0 aliphatic rings. The summed E-state index contributed by atoms with van der Waals surface area (Å²) in [6.07, 6.45) is 1.32. The molecule has 0 spiro atoms.